The fourth-order valence-corrected chi connectivity index (χ4v) is 4.92. The van der Waals surface area contributed by atoms with Gasteiger partial charge in [-0.25, -0.2) is 12.8 Å². The van der Waals surface area contributed by atoms with Crippen molar-refractivity contribution >= 4 is 21.6 Å². The molecule has 0 saturated carbocycles. The predicted octanol–water partition coefficient (Wildman–Crippen LogP) is 3.29. The van der Waals surface area contributed by atoms with E-state index in [9.17, 15) is 17.6 Å². The van der Waals surface area contributed by atoms with E-state index >= 15 is 0 Å². The normalized spacial score (nSPS) is 15.3. The number of halogens is 1. The highest BCUT2D eigenvalue weighted by molar-refractivity contribution is 7.92. The molecular weight excluding hydrogens is 447 g/mol. The molecule has 1 amide bonds. The van der Waals surface area contributed by atoms with Crippen molar-refractivity contribution in [3.63, 3.8) is 0 Å². The zero-order chi connectivity index (χ0) is 23.4. The van der Waals surface area contributed by atoms with E-state index in [4.69, 9.17) is 9.47 Å². The van der Waals surface area contributed by atoms with E-state index in [-0.39, 0.29) is 30.4 Å². The van der Waals surface area contributed by atoms with Crippen molar-refractivity contribution in [1.29, 1.82) is 0 Å². The summed E-state index contributed by atoms with van der Waals surface area (Å²) in [5.74, 6) is -0.0363. The van der Waals surface area contributed by atoms with Crippen molar-refractivity contribution in [1.82, 2.24) is 5.32 Å². The molecule has 0 bridgehead atoms. The first kappa shape index (κ1) is 22.6. The van der Waals surface area contributed by atoms with Crippen LogP contribution < -0.4 is 19.1 Å². The molecule has 0 spiro atoms. The van der Waals surface area contributed by atoms with Crippen LogP contribution in [0, 0.1) is 12.7 Å². The molecule has 3 aromatic rings. The van der Waals surface area contributed by atoms with Crippen molar-refractivity contribution in [2.24, 2.45) is 0 Å². The summed E-state index contributed by atoms with van der Waals surface area (Å²) >= 11 is 0. The number of nitrogens with zero attached hydrogens (tertiary/aromatic N) is 1. The summed E-state index contributed by atoms with van der Waals surface area (Å²) in [6, 6.07) is 18.8. The maximum Gasteiger partial charge on any atom is 0.264 e. The second-order valence-corrected chi connectivity index (χ2v) is 9.38. The van der Waals surface area contributed by atoms with Gasteiger partial charge < -0.3 is 14.8 Å². The molecule has 0 saturated heterocycles. The van der Waals surface area contributed by atoms with E-state index in [0.717, 1.165) is 5.56 Å². The molecule has 33 heavy (non-hydrogen) atoms. The van der Waals surface area contributed by atoms with E-state index < -0.39 is 22.0 Å². The Labute approximate surface area is 191 Å². The Bertz CT molecular complexity index is 1230. The van der Waals surface area contributed by atoms with Crippen LogP contribution >= 0.6 is 0 Å². The lowest BCUT2D eigenvalue weighted by atomic mass is 10.1. The van der Waals surface area contributed by atoms with Crippen molar-refractivity contribution in [2.75, 3.05) is 24.0 Å². The lowest BCUT2D eigenvalue weighted by Crippen LogP contribution is -2.51. The summed E-state index contributed by atoms with van der Waals surface area (Å²) in [6.45, 7) is 2.01. The van der Waals surface area contributed by atoms with Gasteiger partial charge in [0.2, 0.25) is 0 Å². The van der Waals surface area contributed by atoms with Gasteiger partial charge in [0.1, 0.15) is 23.9 Å². The number of hydrogen-bond acceptors (Lipinski definition) is 5. The molecular formula is C24H23FN2O5S. The topological polar surface area (TPSA) is 84.9 Å². The zero-order valence-electron chi connectivity index (χ0n) is 17.9. The summed E-state index contributed by atoms with van der Waals surface area (Å²) in [5, 5.41) is 2.70. The van der Waals surface area contributed by atoms with Crippen LogP contribution in [0.5, 0.6) is 11.5 Å². The number of amides is 1. The van der Waals surface area contributed by atoms with Gasteiger partial charge in [-0.2, -0.15) is 0 Å². The minimum atomic E-state index is -3.91. The Kier molecular flexibility index (Phi) is 6.50. The number of benzene rings is 3. The minimum absolute atomic E-state index is 0.131. The first-order chi connectivity index (χ1) is 15.8. The molecule has 1 aliphatic rings. The second-order valence-electron chi connectivity index (χ2n) is 7.52. The van der Waals surface area contributed by atoms with Crippen LogP contribution in [0.1, 0.15) is 5.56 Å². The number of hydrogen-bond donors (Lipinski definition) is 1. The van der Waals surface area contributed by atoms with Gasteiger partial charge in [-0.1, -0.05) is 24.3 Å². The van der Waals surface area contributed by atoms with Gasteiger partial charge in [-0.3, -0.25) is 9.10 Å². The molecule has 3 aromatic carbocycles. The van der Waals surface area contributed by atoms with Gasteiger partial charge in [0.15, 0.2) is 6.10 Å². The molecule has 0 fully saturated rings. The van der Waals surface area contributed by atoms with E-state index in [1.165, 1.54) is 40.7 Å². The number of fused-ring (bicyclic) bond motifs is 1. The number of aryl methyl sites for hydroxylation is 1. The van der Waals surface area contributed by atoms with E-state index in [0.29, 0.717) is 17.2 Å². The summed E-state index contributed by atoms with van der Waals surface area (Å²) < 4.78 is 52.2. The van der Waals surface area contributed by atoms with Crippen LogP contribution in [0.15, 0.2) is 77.7 Å². The summed E-state index contributed by atoms with van der Waals surface area (Å²) in [4.78, 5) is 12.9. The Balaban J connectivity index is 1.47. The van der Waals surface area contributed by atoms with Crippen molar-refractivity contribution in [2.45, 2.75) is 17.9 Å². The van der Waals surface area contributed by atoms with Crippen LogP contribution in [0.25, 0.3) is 0 Å². The van der Waals surface area contributed by atoms with Gasteiger partial charge in [0.25, 0.3) is 15.9 Å². The van der Waals surface area contributed by atoms with E-state index in [1.54, 1.807) is 36.4 Å². The van der Waals surface area contributed by atoms with Gasteiger partial charge in [0.05, 0.1) is 23.7 Å². The summed E-state index contributed by atoms with van der Waals surface area (Å²) in [6.07, 6.45) is -1.04. The standard InChI is InChI=1S/C24H23FN2O5S/c1-17-7-12-22-21(15-17)27(33(29,30)20-5-3-2-4-6-20)16-23(32-22)24(28)26-13-14-31-19-10-8-18(25)9-11-19/h2-12,15,23H,13-14,16H2,1H3,(H,26,28). The number of anilines is 1. The number of carbonyl (C=O) groups is 1. The number of sulfonamides is 1. The van der Waals surface area contributed by atoms with Crippen LogP contribution in [0.2, 0.25) is 0 Å². The Hall–Kier alpha value is -3.59. The van der Waals surface area contributed by atoms with Crippen molar-refractivity contribution in [3.05, 3.63) is 84.2 Å². The van der Waals surface area contributed by atoms with Crippen molar-refractivity contribution in [3.8, 4) is 11.5 Å². The molecule has 7 nitrogen and oxygen atoms in total. The highest BCUT2D eigenvalue weighted by Gasteiger charge is 2.37. The van der Waals surface area contributed by atoms with Crippen LogP contribution in [-0.2, 0) is 14.8 Å². The Morgan fingerprint density at radius 2 is 1.85 bits per heavy atom. The second kappa shape index (κ2) is 9.50. The molecule has 0 aromatic heterocycles. The van der Waals surface area contributed by atoms with E-state index in [2.05, 4.69) is 5.32 Å². The minimum Gasteiger partial charge on any atom is -0.492 e. The smallest absolute Gasteiger partial charge is 0.264 e. The van der Waals surface area contributed by atoms with Crippen LogP contribution in [0.3, 0.4) is 0 Å². The highest BCUT2D eigenvalue weighted by Crippen LogP contribution is 2.37. The van der Waals surface area contributed by atoms with Gasteiger partial charge in [-0.15, -0.1) is 0 Å². The molecule has 0 radical (unpaired) electrons. The maximum atomic E-state index is 13.4. The Morgan fingerprint density at radius 1 is 1.12 bits per heavy atom. The van der Waals surface area contributed by atoms with Gasteiger partial charge >= 0.3 is 0 Å². The number of ether oxygens (including phenoxy) is 2. The number of rotatable bonds is 7. The SMILES string of the molecule is Cc1ccc2c(c1)N(S(=O)(=O)c1ccccc1)CC(C(=O)NCCOc1ccc(F)cc1)O2. The monoisotopic (exact) mass is 470 g/mol. The summed E-state index contributed by atoms with van der Waals surface area (Å²) in [7, 11) is -3.91. The van der Waals surface area contributed by atoms with Gasteiger partial charge in [-0.05, 0) is 61.0 Å². The fourth-order valence-electron chi connectivity index (χ4n) is 3.43. The van der Waals surface area contributed by atoms with Crippen molar-refractivity contribution < 1.29 is 27.1 Å². The summed E-state index contributed by atoms with van der Waals surface area (Å²) in [5.41, 5.74) is 1.26. The quantitative estimate of drug-likeness (QED) is 0.536. The molecule has 1 aliphatic heterocycles. The highest BCUT2D eigenvalue weighted by atomic mass is 32.2. The first-order valence-corrected chi connectivity index (χ1v) is 11.8. The fraction of sp³-hybridized carbons (Fsp3) is 0.208. The van der Waals surface area contributed by atoms with E-state index in [1.807, 2.05) is 6.92 Å². The lowest BCUT2D eigenvalue weighted by molar-refractivity contribution is -0.127. The average molecular weight is 471 g/mol. The molecule has 1 unspecified atom stereocenters. The average Bonchev–Trinajstić information content (AvgIpc) is 2.82. The molecule has 0 aliphatic carbocycles. The zero-order valence-corrected chi connectivity index (χ0v) is 18.7. The third kappa shape index (κ3) is 5.09. The maximum absolute atomic E-state index is 13.4. The lowest BCUT2D eigenvalue weighted by Gasteiger charge is -2.35. The third-order valence-electron chi connectivity index (χ3n) is 5.09. The third-order valence-corrected chi connectivity index (χ3v) is 6.89. The number of carbonyl (C=O) groups excluding carboxylic acids is 1. The molecule has 1 heterocycles. The molecule has 4 rings (SSSR count). The molecule has 1 atom stereocenters. The van der Waals surface area contributed by atoms with Crippen LogP contribution in [0.4, 0.5) is 10.1 Å². The number of nitrogens with one attached hydrogen (secondary N) is 1. The molecule has 1 N–H and O–H groups in total. The predicted molar refractivity (Wildman–Crippen MR) is 121 cm³/mol. The molecule has 9 heteroatoms. The van der Waals surface area contributed by atoms with Gasteiger partial charge in [0, 0.05) is 0 Å². The largest absolute Gasteiger partial charge is 0.492 e. The first-order valence-electron chi connectivity index (χ1n) is 10.4. The van der Waals surface area contributed by atoms with Crippen LogP contribution in [-0.4, -0.2) is 40.1 Å². The Morgan fingerprint density at radius 3 is 2.58 bits per heavy atom. The molecule has 172 valence electrons.